The number of rotatable bonds is 2. The van der Waals surface area contributed by atoms with Crippen molar-refractivity contribution in [3.05, 3.63) is 0 Å². The van der Waals surface area contributed by atoms with E-state index in [9.17, 15) is 0 Å². The Bertz CT molecular complexity index is 193. The van der Waals surface area contributed by atoms with Crippen molar-refractivity contribution in [3.8, 4) is 5.40 Å². The van der Waals surface area contributed by atoms with Crippen LogP contribution in [0.4, 0.5) is 0 Å². The van der Waals surface area contributed by atoms with Gasteiger partial charge in [0.2, 0.25) is 0 Å². The summed E-state index contributed by atoms with van der Waals surface area (Å²) >= 11 is -1.53. The van der Waals surface area contributed by atoms with E-state index in [1.807, 2.05) is 0 Å². The van der Waals surface area contributed by atoms with Gasteiger partial charge >= 0.3 is 0 Å². The third-order valence-corrected chi connectivity index (χ3v) is 1.69. The van der Waals surface area contributed by atoms with Crippen molar-refractivity contribution >= 4 is 35.6 Å². The van der Waals surface area contributed by atoms with Crippen LogP contribution < -0.4 is 20.9 Å². The van der Waals surface area contributed by atoms with E-state index in [0.29, 0.717) is 0 Å². The minimum atomic E-state index is -1.53. The number of nitrogens with one attached hydrogen (secondary N) is 4. The van der Waals surface area contributed by atoms with Crippen LogP contribution in [0.15, 0.2) is 0 Å². The largest absolute Gasteiger partial charge is 0.369 e. The fourth-order valence-corrected chi connectivity index (χ4v) is 0.957. The van der Waals surface area contributed by atoms with Crippen molar-refractivity contribution in [1.29, 1.82) is 16.1 Å². The number of nitriles is 1. The van der Waals surface area contributed by atoms with Crippen LogP contribution in [0.1, 0.15) is 0 Å². The van der Waals surface area contributed by atoms with Crippen LogP contribution in [0.25, 0.3) is 0 Å². The maximum absolute atomic E-state index is 8.37. The zero-order valence-electron chi connectivity index (χ0n) is 5.96. The maximum atomic E-state index is 8.37. The van der Waals surface area contributed by atoms with Crippen LogP contribution in [0, 0.1) is 21.5 Å². The van der Waals surface area contributed by atoms with Gasteiger partial charge in [-0.3, -0.25) is 20.3 Å². The first-order chi connectivity index (χ1) is 5.06. The van der Waals surface area contributed by atoms with E-state index in [1.165, 1.54) is 0 Å². The third kappa shape index (κ3) is 6.79. The number of halogens is 1. The van der Waals surface area contributed by atoms with Crippen LogP contribution in [0.3, 0.4) is 0 Å². The molecule has 0 saturated heterocycles. The molecule has 0 radical (unpaired) electrons. The van der Waals surface area contributed by atoms with E-state index in [1.54, 1.807) is 5.40 Å². The summed E-state index contributed by atoms with van der Waals surface area (Å²) in [6, 6.07) is 0. The molecule has 7 nitrogen and oxygen atoms in total. The van der Waals surface area contributed by atoms with Crippen molar-refractivity contribution in [1.82, 2.24) is 9.44 Å². The topological polar surface area (TPSA) is 148 Å². The van der Waals surface area contributed by atoms with E-state index in [0.717, 1.165) is 0 Å². The van der Waals surface area contributed by atoms with Gasteiger partial charge in [-0.2, -0.15) is 5.26 Å². The van der Waals surface area contributed by atoms with Gasteiger partial charge in [-0.1, -0.05) is 0 Å². The first-order valence-corrected chi connectivity index (χ1v) is 3.81. The van der Waals surface area contributed by atoms with Crippen LogP contribution in [-0.2, 0) is 0 Å². The number of nitrogens with two attached hydrogens (primary N) is 2. The van der Waals surface area contributed by atoms with Gasteiger partial charge in [-0.25, -0.2) is 0 Å². The number of thiol groups is 1. The molecule has 0 aromatic rings. The van der Waals surface area contributed by atoms with Gasteiger partial charge in [0.05, 0.1) is 0 Å². The summed E-state index contributed by atoms with van der Waals surface area (Å²) < 4.78 is 4.59. The molecule has 0 heterocycles. The van der Waals surface area contributed by atoms with Crippen LogP contribution in [0.2, 0.25) is 0 Å². The average Bonchev–Trinajstić information content (AvgIpc) is 1.84. The third-order valence-electron chi connectivity index (χ3n) is 0.565. The predicted molar refractivity (Wildman–Crippen MR) is 51.9 cm³/mol. The predicted octanol–water partition coefficient (Wildman–Crippen LogP) is -1.31. The number of hydrogen-bond donors (Lipinski definition) is 7. The molecule has 0 atom stereocenters. The zero-order chi connectivity index (χ0) is 8.85. The fourth-order valence-electron chi connectivity index (χ4n) is 0.319. The Labute approximate surface area is 78.5 Å². The van der Waals surface area contributed by atoms with Gasteiger partial charge < -0.3 is 11.5 Å². The Morgan fingerprint density at radius 3 is 1.75 bits per heavy atom. The summed E-state index contributed by atoms with van der Waals surface area (Å²) in [7, 11) is 0. The Kier molecular flexibility index (Phi) is 7.06. The highest BCUT2D eigenvalue weighted by atomic mass is 35.5. The van der Waals surface area contributed by atoms with Crippen LogP contribution in [0.5, 0.6) is 0 Å². The van der Waals surface area contributed by atoms with Gasteiger partial charge in [0.15, 0.2) is 11.9 Å². The molecule has 0 spiro atoms. The Morgan fingerprint density at radius 1 is 1.25 bits per heavy atom. The highest BCUT2D eigenvalue weighted by Gasteiger charge is 2.00. The molecule has 9 heteroatoms. The van der Waals surface area contributed by atoms with Gasteiger partial charge in [0.1, 0.15) is 5.40 Å². The number of thiocyanates is 1. The Morgan fingerprint density at radius 2 is 1.58 bits per heavy atom. The normalized spacial score (nSPS) is 11.4. The lowest BCUT2D eigenvalue weighted by atomic mass is 11.1. The molecular formula is C3H10ClN7S. The lowest BCUT2D eigenvalue weighted by molar-refractivity contribution is 1.26. The highest BCUT2D eigenvalue weighted by molar-refractivity contribution is 8.18. The molecule has 70 valence electrons. The molecule has 0 fully saturated rings. The highest BCUT2D eigenvalue weighted by Crippen LogP contribution is 2.08. The lowest BCUT2D eigenvalue weighted by Gasteiger charge is -2.15. The molecule has 0 aromatic heterocycles. The molecule has 8 N–H and O–H groups in total. The van der Waals surface area contributed by atoms with Crippen LogP contribution >= 0.6 is 23.7 Å². The van der Waals surface area contributed by atoms with Gasteiger partial charge in [0, 0.05) is 0 Å². The summed E-state index contributed by atoms with van der Waals surface area (Å²) in [5.74, 6) is -0.655. The molecule has 12 heavy (non-hydrogen) atoms. The summed E-state index contributed by atoms with van der Waals surface area (Å²) in [5, 5.41) is 23.6. The van der Waals surface area contributed by atoms with Crippen LogP contribution in [-0.4, -0.2) is 11.9 Å². The molecule has 0 bridgehead atoms. The first kappa shape index (κ1) is 13.3. The second-order valence-electron chi connectivity index (χ2n) is 1.49. The summed E-state index contributed by atoms with van der Waals surface area (Å²) in [4.78, 5) is 0. The number of hydrogen-bond acceptors (Lipinski definition) is 3. The Balaban J connectivity index is 0. The van der Waals surface area contributed by atoms with Crippen molar-refractivity contribution in [3.63, 3.8) is 0 Å². The minimum absolute atomic E-state index is 0. The van der Waals surface area contributed by atoms with Crippen molar-refractivity contribution < 1.29 is 0 Å². The van der Waals surface area contributed by atoms with Gasteiger partial charge in [-0.05, 0) is 11.3 Å². The number of nitrogens with zero attached hydrogens (tertiary/aromatic N) is 1. The molecule has 0 unspecified atom stereocenters. The molecule has 0 saturated carbocycles. The quantitative estimate of drug-likeness (QED) is 0.131. The van der Waals surface area contributed by atoms with E-state index >= 15 is 0 Å². The molecule has 0 rings (SSSR count). The van der Waals surface area contributed by atoms with E-state index in [4.69, 9.17) is 27.5 Å². The molecular weight excluding hydrogens is 202 g/mol. The SMILES string of the molecule is Cl.N#C[SH](NC(=N)N)NC(=N)N. The van der Waals surface area contributed by atoms with E-state index in [-0.39, 0.29) is 24.3 Å². The number of guanidine groups is 2. The van der Waals surface area contributed by atoms with E-state index < -0.39 is 11.3 Å². The first-order valence-electron chi connectivity index (χ1n) is 2.47. The molecule has 0 aliphatic heterocycles. The van der Waals surface area contributed by atoms with E-state index in [2.05, 4.69) is 9.44 Å². The van der Waals surface area contributed by atoms with Gasteiger partial charge in [-0.15, -0.1) is 12.4 Å². The summed E-state index contributed by atoms with van der Waals surface area (Å²) in [6.45, 7) is 0. The summed E-state index contributed by atoms with van der Waals surface area (Å²) in [6.07, 6.45) is 0. The van der Waals surface area contributed by atoms with Crippen molar-refractivity contribution in [2.75, 3.05) is 0 Å². The fraction of sp³-hybridized carbons (Fsp3) is 0. The van der Waals surface area contributed by atoms with Crippen molar-refractivity contribution in [2.45, 2.75) is 0 Å². The molecule has 0 aliphatic rings. The second-order valence-corrected chi connectivity index (χ2v) is 2.80. The standard InChI is InChI=1S/C3H9N7S.ClH/c4-1-11(9-2(5)6)10-3(7)8;/h11H,(H4,5,6,9)(H4,7,8,10);1H. The smallest absolute Gasteiger partial charge is 0.196 e. The Hall–Kier alpha value is -1.33. The maximum Gasteiger partial charge on any atom is 0.196 e. The lowest BCUT2D eigenvalue weighted by Crippen LogP contribution is -2.36. The van der Waals surface area contributed by atoms with Gasteiger partial charge in [0.25, 0.3) is 0 Å². The summed E-state index contributed by atoms with van der Waals surface area (Å²) in [5.41, 5.74) is 9.86. The van der Waals surface area contributed by atoms with Crippen molar-refractivity contribution in [2.24, 2.45) is 11.5 Å². The molecule has 0 aromatic carbocycles. The average molecular weight is 212 g/mol. The second kappa shape index (κ2) is 6.38. The molecule has 0 aliphatic carbocycles. The zero-order valence-corrected chi connectivity index (χ0v) is 7.67. The minimum Gasteiger partial charge on any atom is -0.369 e. The molecule has 0 amide bonds. The monoisotopic (exact) mass is 211 g/mol.